The van der Waals surface area contributed by atoms with Gasteiger partial charge in [-0.2, -0.15) is 0 Å². The number of aliphatic hydroxyl groups excluding tert-OH is 1. The number of hydrogen-bond donors (Lipinski definition) is 3. The fraction of sp³-hybridized carbons (Fsp3) is 0.600. The lowest BCUT2D eigenvalue weighted by Crippen LogP contribution is -3.00. The van der Waals surface area contributed by atoms with Crippen LogP contribution in [0.2, 0.25) is 0 Å². The number of rotatable bonds is 8. The average Bonchev–Trinajstić information content (AvgIpc) is 2.44. The standard InChI is InChI=1S/C15H28N3O2.ClH/c1-4-18(5-2,6-3)10-13(19)11-20-15-8-7-12(16)9-14(15)17;/h7-9,13,19H,4-6,10-11,16-17H2,1-3H3;1H/q+1;/p-1. The smallest absolute Gasteiger partial charge is 0.142 e. The van der Waals surface area contributed by atoms with Crippen LogP contribution < -0.4 is 28.6 Å². The maximum Gasteiger partial charge on any atom is 0.142 e. The molecular formula is C15H28ClN3O2. The molecule has 1 aromatic carbocycles. The summed E-state index contributed by atoms with van der Waals surface area (Å²) < 4.78 is 6.48. The zero-order valence-electron chi connectivity index (χ0n) is 13.2. The van der Waals surface area contributed by atoms with Gasteiger partial charge in [-0.1, -0.05) is 0 Å². The topological polar surface area (TPSA) is 81.5 Å². The molecule has 0 aliphatic heterocycles. The molecule has 1 atom stereocenters. The van der Waals surface area contributed by atoms with Crippen molar-refractivity contribution in [3.63, 3.8) is 0 Å². The lowest BCUT2D eigenvalue weighted by atomic mass is 10.2. The highest BCUT2D eigenvalue weighted by Crippen LogP contribution is 2.23. The fourth-order valence-corrected chi connectivity index (χ4v) is 2.44. The number of likely N-dealkylation sites (N-methyl/N-ethyl adjacent to an activating group) is 1. The van der Waals surface area contributed by atoms with Gasteiger partial charge in [0.25, 0.3) is 0 Å². The second-order valence-electron chi connectivity index (χ2n) is 5.23. The number of quaternary nitrogens is 1. The molecule has 5 N–H and O–H groups in total. The van der Waals surface area contributed by atoms with E-state index in [0.29, 0.717) is 23.7 Å². The molecule has 0 bridgehead atoms. The average molecular weight is 318 g/mol. The molecule has 122 valence electrons. The Morgan fingerprint density at radius 3 is 2.19 bits per heavy atom. The Hall–Kier alpha value is -1.17. The molecule has 0 heterocycles. The van der Waals surface area contributed by atoms with Crippen LogP contribution in [0.4, 0.5) is 11.4 Å². The second-order valence-corrected chi connectivity index (χ2v) is 5.23. The van der Waals surface area contributed by atoms with E-state index in [-0.39, 0.29) is 19.0 Å². The minimum absolute atomic E-state index is 0. The summed E-state index contributed by atoms with van der Waals surface area (Å²) in [5, 5.41) is 10.2. The summed E-state index contributed by atoms with van der Waals surface area (Å²) in [6.45, 7) is 10.4. The summed E-state index contributed by atoms with van der Waals surface area (Å²) in [6, 6.07) is 5.13. The zero-order chi connectivity index (χ0) is 15.2. The normalized spacial score (nSPS) is 12.6. The van der Waals surface area contributed by atoms with Crippen molar-refractivity contribution in [1.82, 2.24) is 0 Å². The maximum absolute atomic E-state index is 10.2. The SMILES string of the molecule is CC[N+](CC)(CC)CC(O)COc1ccc(N)cc1N.[Cl-]. The van der Waals surface area contributed by atoms with E-state index in [1.54, 1.807) is 18.2 Å². The number of hydrogen-bond acceptors (Lipinski definition) is 4. The third-order valence-electron chi connectivity index (χ3n) is 4.08. The van der Waals surface area contributed by atoms with E-state index in [4.69, 9.17) is 16.2 Å². The van der Waals surface area contributed by atoms with Gasteiger partial charge in [0.1, 0.15) is 25.0 Å². The molecule has 1 aromatic rings. The van der Waals surface area contributed by atoms with Crippen molar-refractivity contribution in [2.24, 2.45) is 0 Å². The van der Waals surface area contributed by atoms with E-state index in [9.17, 15) is 5.11 Å². The monoisotopic (exact) mass is 317 g/mol. The molecule has 0 saturated carbocycles. The Kier molecular flexibility index (Phi) is 8.47. The van der Waals surface area contributed by atoms with E-state index in [1.807, 2.05) is 0 Å². The van der Waals surface area contributed by atoms with Crippen LogP contribution >= 0.6 is 0 Å². The van der Waals surface area contributed by atoms with Crippen LogP contribution in [0.25, 0.3) is 0 Å². The van der Waals surface area contributed by atoms with Crippen LogP contribution in [0.1, 0.15) is 20.8 Å². The van der Waals surface area contributed by atoms with Crippen LogP contribution in [0.5, 0.6) is 5.75 Å². The predicted molar refractivity (Wildman–Crippen MR) is 83.5 cm³/mol. The second kappa shape index (κ2) is 8.97. The summed E-state index contributed by atoms with van der Waals surface area (Å²) >= 11 is 0. The van der Waals surface area contributed by atoms with Crippen LogP contribution in [0, 0.1) is 0 Å². The third-order valence-corrected chi connectivity index (χ3v) is 4.08. The van der Waals surface area contributed by atoms with Gasteiger partial charge in [-0.3, -0.25) is 0 Å². The van der Waals surface area contributed by atoms with Gasteiger partial charge in [-0.25, -0.2) is 0 Å². The van der Waals surface area contributed by atoms with Gasteiger partial charge < -0.3 is 38.2 Å². The van der Waals surface area contributed by atoms with Crippen LogP contribution in [0.15, 0.2) is 18.2 Å². The van der Waals surface area contributed by atoms with Crippen molar-refractivity contribution < 1.29 is 26.7 Å². The molecule has 0 fully saturated rings. The van der Waals surface area contributed by atoms with Gasteiger partial charge in [0.05, 0.1) is 25.3 Å². The predicted octanol–water partition coefficient (Wildman–Crippen LogP) is -1.53. The van der Waals surface area contributed by atoms with Crippen molar-refractivity contribution in [3.8, 4) is 5.75 Å². The maximum atomic E-state index is 10.2. The summed E-state index contributed by atoms with van der Waals surface area (Å²) in [5.41, 5.74) is 12.6. The molecule has 1 unspecified atom stereocenters. The van der Waals surface area contributed by atoms with Gasteiger partial charge >= 0.3 is 0 Å². The highest BCUT2D eigenvalue weighted by Gasteiger charge is 2.25. The largest absolute Gasteiger partial charge is 1.00 e. The van der Waals surface area contributed by atoms with Gasteiger partial charge in [0.2, 0.25) is 0 Å². The van der Waals surface area contributed by atoms with Gasteiger partial charge in [0, 0.05) is 5.69 Å². The van der Waals surface area contributed by atoms with E-state index in [1.165, 1.54) is 0 Å². The van der Waals surface area contributed by atoms with Crippen molar-refractivity contribution >= 4 is 11.4 Å². The Morgan fingerprint density at radius 1 is 1.14 bits per heavy atom. The van der Waals surface area contributed by atoms with Gasteiger partial charge in [-0.15, -0.1) is 0 Å². The first-order valence-corrected chi connectivity index (χ1v) is 7.27. The quantitative estimate of drug-likeness (QED) is 0.401. The van der Waals surface area contributed by atoms with Crippen molar-refractivity contribution in [1.29, 1.82) is 0 Å². The number of ether oxygens (including phenoxy) is 1. The fourth-order valence-electron chi connectivity index (χ4n) is 2.44. The highest BCUT2D eigenvalue weighted by atomic mass is 35.5. The van der Waals surface area contributed by atoms with E-state index >= 15 is 0 Å². The van der Waals surface area contributed by atoms with Gasteiger partial charge in [-0.05, 0) is 39.0 Å². The molecule has 1 rings (SSSR count). The van der Waals surface area contributed by atoms with E-state index in [2.05, 4.69) is 20.8 Å². The molecule has 0 saturated heterocycles. The lowest BCUT2D eigenvalue weighted by Gasteiger charge is -2.37. The molecule has 21 heavy (non-hydrogen) atoms. The number of aliphatic hydroxyl groups is 1. The van der Waals surface area contributed by atoms with Crippen molar-refractivity contribution in [3.05, 3.63) is 18.2 Å². The summed E-state index contributed by atoms with van der Waals surface area (Å²) in [4.78, 5) is 0. The minimum atomic E-state index is -0.508. The van der Waals surface area contributed by atoms with Crippen LogP contribution in [-0.2, 0) is 0 Å². The first-order valence-electron chi connectivity index (χ1n) is 7.27. The molecule has 0 radical (unpaired) electrons. The molecule has 0 aromatic heterocycles. The third kappa shape index (κ3) is 5.61. The molecule has 5 nitrogen and oxygen atoms in total. The van der Waals surface area contributed by atoms with Crippen LogP contribution in [-0.4, -0.2) is 48.5 Å². The number of nitrogen functional groups attached to an aromatic ring is 2. The Labute approximate surface area is 133 Å². The number of nitrogens with two attached hydrogens (primary N) is 2. The Bertz CT molecular complexity index is 417. The molecule has 0 aliphatic rings. The number of nitrogens with zero attached hydrogens (tertiary/aromatic N) is 1. The molecule has 6 heteroatoms. The number of anilines is 2. The lowest BCUT2D eigenvalue weighted by molar-refractivity contribution is -0.926. The van der Waals surface area contributed by atoms with Gasteiger partial charge in [0.15, 0.2) is 0 Å². The van der Waals surface area contributed by atoms with E-state index < -0.39 is 6.10 Å². The van der Waals surface area contributed by atoms with Crippen LogP contribution in [0.3, 0.4) is 0 Å². The first-order chi connectivity index (χ1) is 9.46. The summed E-state index contributed by atoms with van der Waals surface area (Å²) in [5.74, 6) is 0.570. The highest BCUT2D eigenvalue weighted by molar-refractivity contribution is 5.60. The molecule has 0 spiro atoms. The zero-order valence-corrected chi connectivity index (χ0v) is 13.9. The summed E-state index contributed by atoms with van der Waals surface area (Å²) in [7, 11) is 0. The first kappa shape index (κ1) is 19.8. The number of benzene rings is 1. The molecule has 0 aliphatic carbocycles. The Balaban J connectivity index is 0.00000400. The van der Waals surface area contributed by atoms with Crippen molar-refractivity contribution in [2.45, 2.75) is 26.9 Å². The molecule has 0 amide bonds. The minimum Gasteiger partial charge on any atom is -1.00 e. The summed E-state index contributed by atoms with van der Waals surface area (Å²) in [6.07, 6.45) is -0.508. The Morgan fingerprint density at radius 2 is 1.71 bits per heavy atom. The van der Waals surface area contributed by atoms with E-state index in [0.717, 1.165) is 24.1 Å². The number of halogens is 1. The van der Waals surface area contributed by atoms with Crippen molar-refractivity contribution in [2.75, 3.05) is 44.3 Å². The molecular weight excluding hydrogens is 290 g/mol.